The highest BCUT2D eigenvalue weighted by Gasteiger charge is 2.24. The number of rotatable bonds is 7. The molecule has 0 atom stereocenters. The molecule has 1 saturated carbocycles. The Labute approximate surface area is 147 Å². The third kappa shape index (κ3) is 5.22. The molecule has 2 aliphatic rings. The average Bonchev–Trinajstić information content (AvgIpc) is 3.38. The van der Waals surface area contributed by atoms with Crippen molar-refractivity contribution < 1.29 is 9.47 Å². The zero-order valence-corrected chi connectivity index (χ0v) is 15.6. The summed E-state index contributed by atoms with van der Waals surface area (Å²) in [6, 6.07) is 6.84. The van der Waals surface area contributed by atoms with Crippen LogP contribution in [-0.4, -0.2) is 44.4 Å². The van der Waals surface area contributed by atoms with Crippen LogP contribution in [0.2, 0.25) is 0 Å². The van der Waals surface area contributed by atoms with Gasteiger partial charge in [-0.05, 0) is 60.8 Å². The molecule has 0 spiro atoms. The van der Waals surface area contributed by atoms with Crippen LogP contribution in [0.15, 0.2) is 18.2 Å². The van der Waals surface area contributed by atoms with E-state index in [1.54, 1.807) is 0 Å². The monoisotopic (exact) mass is 331 g/mol. The average molecular weight is 332 g/mol. The minimum atomic E-state index is 0.124. The van der Waals surface area contributed by atoms with Crippen molar-refractivity contribution in [1.29, 1.82) is 0 Å². The zero-order chi connectivity index (χ0) is 17.0. The topological polar surface area (TPSA) is 21.7 Å². The highest BCUT2D eigenvalue weighted by molar-refractivity contribution is 5.41. The number of hydrogen-bond donors (Lipinski definition) is 0. The third-order valence-electron chi connectivity index (χ3n) is 5.07. The van der Waals surface area contributed by atoms with Gasteiger partial charge in [0.05, 0.1) is 19.8 Å². The van der Waals surface area contributed by atoms with Crippen LogP contribution in [0.25, 0.3) is 0 Å². The summed E-state index contributed by atoms with van der Waals surface area (Å²) in [5.41, 5.74) is 2.91. The summed E-state index contributed by atoms with van der Waals surface area (Å²) in [5, 5.41) is 0. The van der Waals surface area contributed by atoms with Crippen molar-refractivity contribution in [1.82, 2.24) is 4.90 Å². The summed E-state index contributed by atoms with van der Waals surface area (Å²) in [6.07, 6.45) is 5.03. The molecule has 2 fully saturated rings. The minimum absolute atomic E-state index is 0.124. The van der Waals surface area contributed by atoms with Crippen LogP contribution in [0.1, 0.15) is 51.2 Å². The molecule has 1 saturated heterocycles. The number of morpholine rings is 1. The second kappa shape index (κ2) is 7.88. The predicted octanol–water partition coefficient (Wildman–Crippen LogP) is 4.04. The van der Waals surface area contributed by atoms with E-state index in [0.717, 1.165) is 51.0 Å². The summed E-state index contributed by atoms with van der Waals surface area (Å²) < 4.78 is 11.5. The van der Waals surface area contributed by atoms with Crippen molar-refractivity contribution in [2.45, 2.75) is 51.9 Å². The van der Waals surface area contributed by atoms with Gasteiger partial charge in [-0.2, -0.15) is 0 Å². The fourth-order valence-corrected chi connectivity index (χ4v) is 3.27. The van der Waals surface area contributed by atoms with E-state index in [4.69, 9.17) is 9.47 Å². The Balaban J connectivity index is 1.58. The number of aryl methyl sites for hydroxylation is 1. The van der Waals surface area contributed by atoms with Crippen LogP contribution in [-0.2, 0) is 16.6 Å². The van der Waals surface area contributed by atoms with Gasteiger partial charge in [0.25, 0.3) is 0 Å². The van der Waals surface area contributed by atoms with Crippen molar-refractivity contribution in [2.24, 2.45) is 5.92 Å². The molecule has 3 nitrogen and oxygen atoms in total. The van der Waals surface area contributed by atoms with Crippen LogP contribution < -0.4 is 4.74 Å². The normalized spacial score (nSPS) is 19.5. The molecule has 0 bridgehead atoms. The van der Waals surface area contributed by atoms with E-state index in [1.165, 1.54) is 36.9 Å². The molecule has 1 aliphatic heterocycles. The quantitative estimate of drug-likeness (QED) is 0.753. The van der Waals surface area contributed by atoms with Gasteiger partial charge < -0.3 is 9.47 Å². The Morgan fingerprint density at radius 1 is 1.17 bits per heavy atom. The summed E-state index contributed by atoms with van der Waals surface area (Å²) >= 11 is 0. The molecule has 0 unspecified atom stereocenters. The largest absolute Gasteiger partial charge is 0.493 e. The van der Waals surface area contributed by atoms with Crippen molar-refractivity contribution >= 4 is 0 Å². The van der Waals surface area contributed by atoms with Crippen molar-refractivity contribution in [3.63, 3.8) is 0 Å². The van der Waals surface area contributed by atoms with Crippen molar-refractivity contribution in [2.75, 3.05) is 39.5 Å². The van der Waals surface area contributed by atoms with Gasteiger partial charge in [0.2, 0.25) is 0 Å². The first-order chi connectivity index (χ1) is 11.5. The molecule has 1 heterocycles. The Bertz CT molecular complexity index is 525. The number of hydrogen-bond acceptors (Lipinski definition) is 3. The molecule has 3 rings (SSSR count). The van der Waals surface area contributed by atoms with Gasteiger partial charge in [0.15, 0.2) is 0 Å². The number of benzene rings is 1. The third-order valence-corrected chi connectivity index (χ3v) is 5.07. The molecule has 0 aromatic heterocycles. The summed E-state index contributed by atoms with van der Waals surface area (Å²) in [7, 11) is 0. The molecular weight excluding hydrogens is 298 g/mol. The van der Waals surface area contributed by atoms with E-state index in [9.17, 15) is 0 Å². The van der Waals surface area contributed by atoms with Gasteiger partial charge >= 0.3 is 0 Å². The van der Waals surface area contributed by atoms with E-state index in [-0.39, 0.29) is 5.41 Å². The molecule has 0 amide bonds. The SMILES string of the molecule is CC(C)(C)c1cc(CCCN2CCOCC2)ccc1OCC1CC1. The molecule has 0 N–H and O–H groups in total. The predicted molar refractivity (Wildman–Crippen MR) is 98.9 cm³/mol. The Morgan fingerprint density at radius 3 is 2.58 bits per heavy atom. The lowest BCUT2D eigenvalue weighted by atomic mass is 9.85. The van der Waals surface area contributed by atoms with Gasteiger partial charge in [0.1, 0.15) is 5.75 Å². The second-order valence-corrected chi connectivity index (χ2v) is 8.39. The first-order valence-corrected chi connectivity index (χ1v) is 9.59. The first-order valence-electron chi connectivity index (χ1n) is 9.59. The van der Waals surface area contributed by atoms with Gasteiger partial charge in [-0.25, -0.2) is 0 Å². The van der Waals surface area contributed by atoms with Gasteiger partial charge in [-0.3, -0.25) is 4.90 Å². The van der Waals surface area contributed by atoms with E-state index >= 15 is 0 Å². The Morgan fingerprint density at radius 2 is 1.92 bits per heavy atom. The summed E-state index contributed by atoms with van der Waals surface area (Å²) in [5.74, 6) is 1.89. The molecule has 1 aliphatic carbocycles. The lowest BCUT2D eigenvalue weighted by Crippen LogP contribution is -2.36. The molecule has 0 radical (unpaired) electrons. The smallest absolute Gasteiger partial charge is 0.123 e. The second-order valence-electron chi connectivity index (χ2n) is 8.39. The maximum atomic E-state index is 6.12. The lowest BCUT2D eigenvalue weighted by molar-refractivity contribution is 0.0374. The standard InChI is InChI=1S/C21H33NO2/c1-21(2,3)19-15-17(5-4-10-22-11-13-23-14-12-22)8-9-20(19)24-16-18-6-7-18/h8-9,15,18H,4-7,10-14,16H2,1-3H3. The zero-order valence-electron chi connectivity index (χ0n) is 15.6. The van der Waals surface area contributed by atoms with E-state index in [0.29, 0.717) is 0 Å². The molecule has 134 valence electrons. The molecule has 24 heavy (non-hydrogen) atoms. The van der Waals surface area contributed by atoms with Gasteiger partial charge in [-0.1, -0.05) is 32.9 Å². The van der Waals surface area contributed by atoms with E-state index in [2.05, 4.69) is 43.9 Å². The van der Waals surface area contributed by atoms with Crippen molar-refractivity contribution in [3.05, 3.63) is 29.3 Å². The maximum absolute atomic E-state index is 6.12. The highest BCUT2D eigenvalue weighted by Crippen LogP contribution is 2.35. The van der Waals surface area contributed by atoms with Crippen LogP contribution in [0.3, 0.4) is 0 Å². The van der Waals surface area contributed by atoms with Crippen LogP contribution in [0.5, 0.6) is 5.75 Å². The van der Waals surface area contributed by atoms with Crippen LogP contribution >= 0.6 is 0 Å². The van der Waals surface area contributed by atoms with Gasteiger partial charge in [0, 0.05) is 13.1 Å². The fraction of sp³-hybridized carbons (Fsp3) is 0.714. The maximum Gasteiger partial charge on any atom is 0.123 e. The molecule has 1 aromatic rings. The van der Waals surface area contributed by atoms with E-state index in [1.807, 2.05) is 0 Å². The van der Waals surface area contributed by atoms with Crippen LogP contribution in [0.4, 0.5) is 0 Å². The fourth-order valence-electron chi connectivity index (χ4n) is 3.27. The highest BCUT2D eigenvalue weighted by atomic mass is 16.5. The Hall–Kier alpha value is -1.06. The summed E-state index contributed by atoms with van der Waals surface area (Å²) in [4.78, 5) is 2.52. The Kier molecular flexibility index (Phi) is 5.83. The molecule has 3 heteroatoms. The first kappa shape index (κ1) is 17.8. The van der Waals surface area contributed by atoms with E-state index < -0.39 is 0 Å². The van der Waals surface area contributed by atoms with Crippen molar-refractivity contribution in [3.8, 4) is 5.75 Å². The lowest BCUT2D eigenvalue weighted by Gasteiger charge is -2.27. The minimum Gasteiger partial charge on any atom is -0.493 e. The number of nitrogens with zero attached hydrogens (tertiary/aromatic N) is 1. The van der Waals surface area contributed by atoms with Crippen LogP contribution in [0, 0.1) is 5.92 Å². The molecule has 1 aromatic carbocycles. The summed E-state index contributed by atoms with van der Waals surface area (Å²) in [6.45, 7) is 12.9. The van der Waals surface area contributed by atoms with Gasteiger partial charge in [-0.15, -0.1) is 0 Å². The molecular formula is C21H33NO2. The number of ether oxygens (including phenoxy) is 2.